The number of anilines is 1. The number of aliphatic carboxylic acids is 1. The zero-order chi connectivity index (χ0) is 13.2. The molecule has 0 radical (unpaired) electrons. The van der Waals surface area contributed by atoms with Crippen molar-refractivity contribution in [3.05, 3.63) is 17.8 Å². The Morgan fingerprint density at radius 3 is 2.37 bits per heavy atom. The fraction of sp³-hybridized carbons (Fsp3) is 0.643. The number of nitrogens with zero attached hydrogens (tertiary/aromatic N) is 3. The number of carboxylic acid groups (broad SMARTS) is 1. The molecule has 0 amide bonds. The van der Waals surface area contributed by atoms with Gasteiger partial charge >= 0.3 is 5.97 Å². The van der Waals surface area contributed by atoms with Gasteiger partial charge in [-0.2, -0.15) is 5.10 Å². The number of carbonyl (C=O) groups is 1. The van der Waals surface area contributed by atoms with Gasteiger partial charge in [0.1, 0.15) is 0 Å². The maximum Gasteiger partial charge on any atom is 0.306 e. The highest BCUT2D eigenvalue weighted by Gasteiger charge is 2.26. The van der Waals surface area contributed by atoms with Gasteiger partial charge in [0, 0.05) is 19.0 Å². The number of piperidine rings is 1. The van der Waals surface area contributed by atoms with Crippen LogP contribution in [0.3, 0.4) is 0 Å². The van der Waals surface area contributed by atoms with Gasteiger partial charge in [0.25, 0.3) is 0 Å². The molecule has 5 nitrogen and oxygen atoms in total. The van der Waals surface area contributed by atoms with Crippen molar-refractivity contribution in [1.82, 2.24) is 10.2 Å². The van der Waals surface area contributed by atoms with Crippen LogP contribution in [0.1, 0.15) is 43.7 Å². The normalized spacial score (nSPS) is 21.2. The first kappa shape index (κ1) is 12.4. The van der Waals surface area contributed by atoms with E-state index >= 15 is 0 Å². The predicted molar refractivity (Wildman–Crippen MR) is 71.2 cm³/mol. The Balaban J connectivity index is 1.61. The molecular formula is C14H19N3O2. The van der Waals surface area contributed by atoms with Crippen molar-refractivity contribution in [3.8, 4) is 0 Å². The predicted octanol–water partition coefficient (Wildman–Crippen LogP) is 2.05. The van der Waals surface area contributed by atoms with E-state index in [1.54, 1.807) is 0 Å². The van der Waals surface area contributed by atoms with E-state index in [2.05, 4.69) is 21.2 Å². The summed E-state index contributed by atoms with van der Waals surface area (Å²) in [4.78, 5) is 13.0. The lowest BCUT2D eigenvalue weighted by molar-refractivity contribution is -0.142. The Hall–Kier alpha value is -1.65. The van der Waals surface area contributed by atoms with Crippen molar-refractivity contribution in [2.75, 3.05) is 18.0 Å². The Morgan fingerprint density at radius 1 is 1.16 bits per heavy atom. The van der Waals surface area contributed by atoms with E-state index in [0.29, 0.717) is 18.8 Å². The Morgan fingerprint density at radius 2 is 1.89 bits per heavy atom. The van der Waals surface area contributed by atoms with E-state index in [0.717, 1.165) is 24.6 Å². The molecule has 1 saturated carbocycles. The van der Waals surface area contributed by atoms with E-state index in [-0.39, 0.29) is 5.92 Å². The van der Waals surface area contributed by atoms with Crippen molar-refractivity contribution >= 4 is 11.8 Å². The summed E-state index contributed by atoms with van der Waals surface area (Å²) in [6.07, 6.45) is 5.16. The van der Waals surface area contributed by atoms with Gasteiger partial charge in [-0.3, -0.25) is 4.79 Å². The molecule has 3 rings (SSSR count). The third-order valence-electron chi connectivity index (χ3n) is 4.36. The maximum absolute atomic E-state index is 10.9. The second-order valence-electron chi connectivity index (χ2n) is 5.54. The lowest BCUT2D eigenvalue weighted by Gasteiger charge is -2.31. The molecule has 19 heavy (non-hydrogen) atoms. The van der Waals surface area contributed by atoms with E-state index in [1.165, 1.54) is 19.3 Å². The highest BCUT2D eigenvalue weighted by molar-refractivity contribution is 5.70. The van der Waals surface area contributed by atoms with Crippen LogP contribution in [0.4, 0.5) is 5.82 Å². The molecule has 2 fully saturated rings. The molecule has 1 saturated heterocycles. The lowest BCUT2D eigenvalue weighted by Crippen LogP contribution is -2.36. The SMILES string of the molecule is O=C(O)C1CCN(c2ccc(C3CCC3)nn2)CC1. The van der Waals surface area contributed by atoms with Crippen LogP contribution in [0, 0.1) is 5.92 Å². The lowest BCUT2D eigenvalue weighted by atomic mass is 9.83. The van der Waals surface area contributed by atoms with Gasteiger partial charge in [-0.15, -0.1) is 5.10 Å². The molecule has 2 aliphatic rings. The number of hydrogen-bond donors (Lipinski definition) is 1. The Labute approximate surface area is 112 Å². The minimum Gasteiger partial charge on any atom is -0.481 e. The minimum atomic E-state index is -0.675. The van der Waals surface area contributed by atoms with Crippen molar-refractivity contribution in [1.29, 1.82) is 0 Å². The van der Waals surface area contributed by atoms with Crippen LogP contribution in [0.25, 0.3) is 0 Å². The third-order valence-corrected chi connectivity index (χ3v) is 4.36. The molecule has 1 aromatic rings. The van der Waals surface area contributed by atoms with E-state index in [1.807, 2.05) is 6.07 Å². The summed E-state index contributed by atoms with van der Waals surface area (Å²) < 4.78 is 0. The fourth-order valence-electron chi connectivity index (χ4n) is 2.78. The summed E-state index contributed by atoms with van der Waals surface area (Å²) in [5, 5.41) is 17.6. The summed E-state index contributed by atoms with van der Waals surface area (Å²) in [6.45, 7) is 1.52. The zero-order valence-corrected chi connectivity index (χ0v) is 11.0. The van der Waals surface area contributed by atoms with Gasteiger partial charge in [-0.25, -0.2) is 0 Å². The number of rotatable bonds is 3. The molecule has 5 heteroatoms. The van der Waals surface area contributed by atoms with Crippen LogP contribution in [-0.4, -0.2) is 34.4 Å². The van der Waals surface area contributed by atoms with Gasteiger partial charge in [0.15, 0.2) is 5.82 Å². The van der Waals surface area contributed by atoms with E-state index in [4.69, 9.17) is 5.11 Å². The molecule has 0 atom stereocenters. The fourth-order valence-corrected chi connectivity index (χ4v) is 2.78. The molecule has 0 aromatic carbocycles. The third kappa shape index (κ3) is 2.55. The quantitative estimate of drug-likeness (QED) is 0.902. The first-order chi connectivity index (χ1) is 9.24. The molecule has 1 aliphatic carbocycles. The molecule has 2 heterocycles. The van der Waals surface area contributed by atoms with Crippen LogP contribution in [-0.2, 0) is 4.79 Å². The topological polar surface area (TPSA) is 66.3 Å². The van der Waals surface area contributed by atoms with Crippen molar-refractivity contribution in [2.24, 2.45) is 5.92 Å². The first-order valence-corrected chi connectivity index (χ1v) is 7.05. The van der Waals surface area contributed by atoms with E-state index < -0.39 is 5.97 Å². The summed E-state index contributed by atoms with van der Waals surface area (Å²) >= 11 is 0. The van der Waals surface area contributed by atoms with Gasteiger partial charge in [0.05, 0.1) is 11.6 Å². The maximum atomic E-state index is 10.9. The Bertz CT molecular complexity index is 448. The van der Waals surface area contributed by atoms with Crippen LogP contribution >= 0.6 is 0 Å². The molecule has 1 N–H and O–H groups in total. The number of aromatic nitrogens is 2. The molecule has 1 aromatic heterocycles. The average Bonchev–Trinajstić information content (AvgIpc) is 2.38. The second kappa shape index (κ2) is 5.15. The number of hydrogen-bond acceptors (Lipinski definition) is 4. The summed E-state index contributed by atoms with van der Waals surface area (Å²) in [5.74, 6) is 0.621. The highest BCUT2D eigenvalue weighted by atomic mass is 16.4. The monoisotopic (exact) mass is 261 g/mol. The molecular weight excluding hydrogens is 242 g/mol. The standard InChI is InChI=1S/C14H19N3O2/c18-14(19)11-6-8-17(9-7-11)13-5-4-12(15-16-13)10-2-1-3-10/h4-5,10-11H,1-3,6-9H2,(H,18,19). The summed E-state index contributed by atoms with van der Waals surface area (Å²) in [6, 6.07) is 4.11. The smallest absolute Gasteiger partial charge is 0.306 e. The second-order valence-corrected chi connectivity index (χ2v) is 5.54. The summed E-state index contributed by atoms with van der Waals surface area (Å²) in [5.41, 5.74) is 1.11. The molecule has 102 valence electrons. The van der Waals surface area contributed by atoms with Crippen LogP contribution < -0.4 is 4.90 Å². The largest absolute Gasteiger partial charge is 0.481 e. The minimum absolute atomic E-state index is 0.196. The van der Waals surface area contributed by atoms with Gasteiger partial charge in [0.2, 0.25) is 0 Å². The van der Waals surface area contributed by atoms with Crippen molar-refractivity contribution < 1.29 is 9.90 Å². The average molecular weight is 261 g/mol. The van der Waals surface area contributed by atoms with Crippen LogP contribution in [0.15, 0.2) is 12.1 Å². The summed E-state index contributed by atoms with van der Waals surface area (Å²) in [7, 11) is 0. The van der Waals surface area contributed by atoms with Crippen molar-refractivity contribution in [3.63, 3.8) is 0 Å². The molecule has 1 aliphatic heterocycles. The van der Waals surface area contributed by atoms with Crippen LogP contribution in [0.2, 0.25) is 0 Å². The van der Waals surface area contributed by atoms with Gasteiger partial charge in [-0.05, 0) is 37.8 Å². The zero-order valence-electron chi connectivity index (χ0n) is 11.0. The van der Waals surface area contributed by atoms with E-state index in [9.17, 15) is 4.79 Å². The Kier molecular flexibility index (Phi) is 3.36. The highest BCUT2D eigenvalue weighted by Crippen LogP contribution is 2.35. The van der Waals surface area contributed by atoms with Gasteiger partial charge < -0.3 is 10.0 Å². The molecule has 0 unspecified atom stereocenters. The number of carboxylic acids is 1. The molecule has 0 spiro atoms. The van der Waals surface area contributed by atoms with Gasteiger partial charge in [-0.1, -0.05) is 6.42 Å². The van der Waals surface area contributed by atoms with Crippen molar-refractivity contribution in [2.45, 2.75) is 38.0 Å². The molecule has 0 bridgehead atoms. The first-order valence-electron chi connectivity index (χ1n) is 7.05. The van der Waals surface area contributed by atoms with Crippen LogP contribution in [0.5, 0.6) is 0 Å².